The number of hydrogen-bond acceptors (Lipinski definition) is 6. The van der Waals surface area contributed by atoms with Crippen molar-refractivity contribution >= 4 is 40.8 Å². The van der Waals surface area contributed by atoms with E-state index in [0.717, 1.165) is 26.2 Å². The highest BCUT2D eigenvalue weighted by molar-refractivity contribution is 8.01. The topological polar surface area (TPSA) is 64.1 Å². The highest BCUT2D eigenvalue weighted by atomic mass is 32.2. The molecule has 2 aromatic carbocycles. The van der Waals surface area contributed by atoms with Gasteiger partial charge in [-0.15, -0.1) is 10.2 Å². The second-order valence-corrected chi connectivity index (χ2v) is 7.31. The molecule has 3 rings (SSSR count). The summed E-state index contributed by atoms with van der Waals surface area (Å²) in [5, 5.41) is 10.7. The molecule has 0 spiro atoms. The Balaban J connectivity index is 1.54. The van der Waals surface area contributed by atoms with Crippen molar-refractivity contribution in [1.82, 2.24) is 10.2 Å². The maximum atomic E-state index is 12.1. The van der Waals surface area contributed by atoms with Crippen molar-refractivity contribution in [2.45, 2.75) is 16.2 Å². The molecule has 7 heteroatoms. The van der Waals surface area contributed by atoms with Crippen LogP contribution in [0, 0.1) is 0 Å². The van der Waals surface area contributed by atoms with Gasteiger partial charge in [-0.3, -0.25) is 4.79 Å². The maximum absolute atomic E-state index is 12.1. The minimum absolute atomic E-state index is 0.177. The molecule has 1 aromatic heterocycles. The Labute approximate surface area is 160 Å². The number of carbonyl (C=O) groups excluding carboxylic acids is 1. The van der Waals surface area contributed by atoms with E-state index in [1.807, 2.05) is 55.5 Å². The summed E-state index contributed by atoms with van der Waals surface area (Å²) in [7, 11) is 0. The summed E-state index contributed by atoms with van der Waals surface area (Å²) in [5.41, 5.74) is 3.38. The van der Waals surface area contributed by atoms with Crippen LogP contribution in [0.15, 0.2) is 69.4 Å². The molecule has 0 unspecified atom stereocenters. The van der Waals surface area contributed by atoms with Crippen molar-refractivity contribution in [2.75, 3.05) is 11.9 Å². The van der Waals surface area contributed by atoms with E-state index < -0.39 is 0 Å². The molecule has 0 radical (unpaired) electrons. The smallest absolute Gasteiger partial charge is 0.248 e. The zero-order valence-electron chi connectivity index (χ0n) is 14.1. The molecule has 1 heterocycles. The lowest BCUT2D eigenvalue weighted by atomic mass is 10.2. The molecule has 0 aliphatic rings. The van der Waals surface area contributed by atoms with Crippen molar-refractivity contribution < 1.29 is 9.53 Å². The molecule has 1 N–H and O–H groups in total. The van der Waals surface area contributed by atoms with E-state index in [1.165, 1.54) is 17.4 Å². The van der Waals surface area contributed by atoms with Crippen LogP contribution in [0.4, 0.5) is 5.69 Å². The first-order valence-electron chi connectivity index (χ1n) is 7.99. The van der Waals surface area contributed by atoms with E-state index in [4.69, 9.17) is 4.74 Å². The minimum atomic E-state index is -0.177. The predicted octanol–water partition coefficient (Wildman–Crippen LogP) is 4.74. The molecule has 0 fully saturated rings. The Morgan fingerprint density at radius 1 is 1.19 bits per heavy atom. The molecule has 0 aliphatic carbocycles. The highest BCUT2D eigenvalue weighted by Crippen LogP contribution is 2.29. The van der Waals surface area contributed by atoms with Crippen LogP contribution >= 0.6 is 23.1 Å². The highest BCUT2D eigenvalue weighted by Gasteiger charge is 2.02. The van der Waals surface area contributed by atoms with Gasteiger partial charge in [-0.25, -0.2) is 0 Å². The van der Waals surface area contributed by atoms with Crippen molar-refractivity contribution in [3.8, 4) is 5.75 Å². The van der Waals surface area contributed by atoms with Crippen LogP contribution in [0.3, 0.4) is 0 Å². The van der Waals surface area contributed by atoms with Crippen LogP contribution in [0.1, 0.15) is 12.5 Å². The summed E-state index contributed by atoms with van der Waals surface area (Å²) >= 11 is 3.04. The summed E-state index contributed by atoms with van der Waals surface area (Å²) in [5.74, 6) is 0.643. The normalized spacial score (nSPS) is 10.8. The number of carbonyl (C=O) groups is 1. The summed E-state index contributed by atoms with van der Waals surface area (Å²) in [6.45, 7) is 2.58. The second-order valence-electron chi connectivity index (χ2n) is 5.16. The molecule has 0 aliphatic heterocycles. The Morgan fingerprint density at radius 3 is 2.62 bits per heavy atom. The summed E-state index contributed by atoms with van der Waals surface area (Å²) in [6, 6.07) is 15.2. The first-order valence-corrected chi connectivity index (χ1v) is 9.68. The number of benzene rings is 2. The maximum Gasteiger partial charge on any atom is 0.248 e. The van der Waals surface area contributed by atoms with Crippen LogP contribution in [-0.2, 0) is 4.79 Å². The van der Waals surface area contributed by atoms with Crippen LogP contribution < -0.4 is 10.1 Å². The molecule has 132 valence electrons. The lowest BCUT2D eigenvalue weighted by molar-refractivity contribution is -0.111. The fourth-order valence-electron chi connectivity index (χ4n) is 2.11. The van der Waals surface area contributed by atoms with Gasteiger partial charge in [-0.05, 0) is 55.0 Å². The van der Waals surface area contributed by atoms with E-state index in [-0.39, 0.29) is 5.91 Å². The van der Waals surface area contributed by atoms with E-state index in [9.17, 15) is 4.79 Å². The number of anilines is 1. The zero-order chi connectivity index (χ0) is 18.2. The van der Waals surface area contributed by atoms with Crippen molar-refractivity contribution in [3.63, 3.8) is 0 Å². The molecule has 0 saturated carbocycles. The van der Waals surface area contributed by atoms with Crippen LogP contribution in [0.25, 0.3) is 6.08 Å². The number of nitrogens with zero attached hydrogens (tertiary/aromatic N) is 2. The number of ether oxygens (including phenoxy) is 1. The van der Waals surface area contributed by atoms with Gasteiger partial charge in [0.2, 0.25) is 5.91 Å². The Hall–Kier alpha value is -2.64. The Morgan fingerprint density at radius 2 is 1.96 bits per heavy atom. The fourth-order valence-corrected chi connectivity index (χ4v) is 3.56. The number of hydrogen-bond donors (Lipinski definition) is 1. The first-order chi connectivity index (χ1) is 12.7. The average Bonchev–Trinajstić information content (AvgIpc) is 3.16. The van der Waals surface area contributed by atoms with Gasteiger partial charge in [0.15, 0.2) is 4.34 Å². The number of nitrogens with one attached hydrogen (secondary N) is 1. The molecular weight excluding hydrogens is 366 g/mol. The quantitative estimate of drug-likeness (QED) is 0.597. The van der Waals surface area contributed by atoms with E-state index in [1.54, 1.807) is 23.3 Å². The average molecular weight is 383 g/mol. The van der Waals surface area contributed by atoms with Crippen molar-refractivity contribution in [1.29, 1.82) is 0 Å². The van der Waals surface area contributed by atoms with E-state index in [2.05, 4.69) is 15.5 Å². The number of rotatable bonds is 7. The summed E-state index contributed by atoms with van der Waals surface area (Å²) < 4.78 is 6.29. The van der Waals surface area contributed by atoms with Gasteiger partial charge in [0.05, 0.1) is 6.61 Å². The lowest BCUT2D eigenvalue weighted by Gasteiger charge is -2.04. The first kappa shape index (κ1) is 18.2. The minimum Gasteiger partial charge on any atom is -0.494 e. The fraction of sp³-hybridized carbons (Fsp3) is 0.105. The Kier molecular flexibility index (Phi) is 6.40. The molecule has 0 bridgehead atoms. The van der Waals surface area contributed by atoms with Crippen LogP contribution in [-0.4, -0.2) is 22.7 Å². The largest absolute Gasteiger partial charge is 0.494 e. The molecule has 3 aromatic rings. The zero-order valence-corrected chi connectivity index (χ0v) is 15.7. The van der Waals surface area contributed by atoms with Gasteiger partial charge in [-0.2, -0.15) is 0 Å². The molecule has 1 amide bonds. The number of aromatic nitrogens is 2. The van der Waals surface area contributed by atoms with Gasteiger partial charge < -0.3 is 10.1 Å². The van der Waals surface area contributed by atoms with Crippen LogP contribution in [0.5, 0.6) is 5.75 Å². The third-order valence-corrected chi connectivity index (χ3v) is 5.07. The lowest BCUT2D eigenvalue weighted by Crippen LogP contribution is -2.07. The van der Waals surface area contributed by atoms with Gasteiger partial charge >= 0.3 is 0 Å². The summed E-state index contributed by atoms with van der Waals surface area (Å²) in [4.78, 5) is 13.1. The van der Waals surface area contributed by atoms with Gasteiger partial charge in [0.1, 0.15) is 11.3 Å². The number of amides is 1. The second kappa shape index (κ2) is 9.17. The van der Waals surface area contributed by atoms with Gasteiger partial charge in [0.25, 0.3) is 0 Å². The third kappa shape index (κ3) is 5.44. The van der Waals surface area contributed by atoms with E-state index >= 15 is 0 Å². The molecular formula is C19H17N3O2S2. The molecule has 0 saturated heterocycles. The van der Waals surface area contributed by atoms with Gasteiger partial charge in [-0.1, -0.05) is 35.2 Å². The monoisotopic (exact) mass is 383 g/mol. The van der Waals surface area contributed by atoms with Crippen LogP contribution in [0.2, 0.25) is 0 Å². The SMILES string of the molecule is CCOc1ccc(C=CC(=O)Nc2ccc(Sc3nncs3)cc2)cc1. The van der Waals surface area contributed by atoms with E-state index in [0.29, 0.717) is 6.61 Å². The Bertz CT molecular complexity index is 861. The molecule has 26 heavy (non-hydrogen) atoms. The standard InChI is InChI=1S/C19H17N3O2S2/c1-2-24-16-8-3-14(4-9-16)5-12-18(23)21-15-6-10-17(11-7-15)26-19-22-20-13-25-19/h3-13H,2H2,1H3,(H,21,23). The molecule has 0 atom stereocenters. The molecule has 5 nitrogen and oxygen atoms in total. The van der Waals surface area contributed by atoms with Crippen molar-refractivity contribution in [2.24, 2.45) is 0 Å². The third-order valence-electron chi connectivity index (χ3n) is 3.29. The van der Waals surface area contributed by atoms with Crippen molar-refractivity contribution in [3.05, 3.63) is 65.7 Å². The summed E-state index contributed by atoms with van der Waals surface area (Å²) in [6.07, 6.45) is 3.28. The predicted molar refractivity (Wildman–Crippen MR) is 106 cm³/mol. The van der Waals surface area contributed by atoms with Gasteiger partial charge in [0, 0.05) is 16.7 Å².